The Morgan fingerprint density at radius 2 is 1.77 bits per heavy atom. The summed E-state index contributed by atoms with van der Waals surface area (Å²) in [5.41, 5.74) is -0.310. The molecule has 162 valence electrons. The summed E-state index contributed by atoms with van der Waals surface area (Å²) >= 11 is 5.85. The predicted molar refractivity (Wildman–Crippen MR) is 109 cm³/mol. The second-order valence-electron chi connectivity index (χ2n) is 7.33. The van der Waals surface area contributed by atoms with E-state index in [4.69, 9.17) is 16.3 Å². The van der Waals surface area contributed by atoms with Gasteiger partial charge in [0.1, 0.15) is 11.6 Å². The van der Waals surface area contributed by atoms with Gasteiger partial charge in [-0.05, 0) is 55.3 Å². The predicted octanol–water partition coefficient (Wildman–Crippen LogP) is 5.00. The normalized spacial score (nSPS) is 16.3. The van der Waals surface area contributed by atoms with Gasteiger partial charge in [0.2, 0.25) is 0 Å². The molecule has 1 aliphatic heterocycles. The molecule has 2 unspecified atom stereocenters. The molecule has 3 rings (SSSR count). The summed E-state index contributed by atoms with van der Waals surface area (Å²) in [6.07, 6.45) is 1.22. The summed E-state index contributed by atoms with van der Waals surface area (Å²) in [6, 6.07) is 8.11. The van der Waals surface area contributed by atoms with Crippen LogP contribution in [0, 0.1) is 17.6 Å². The molecule has 1 heterocycles. The van der Waals surface area contributed by atoms with Crippen LogP contribution in [0.4, 0.5) is 13.6 Å². The molecule has 0 aliphatic carbocycles. The van der Waals surface area contributed by atoms with Crippen molar-refractivity contribution < 1.29 is 26.7 Å². The molecule has 0 aromatic heterocycles. The Hall–Kier alpha value is -2.19. The number of ether oxygens (including phenoxy) is 1. The number of halogens is 3. The summed E-state index contributed by atoms with van der Waals surface area (Å²) in [5.74, 6) is -2.45. The lowest BCUT2D eigenvalue weighted by Crippen LogP contribution is -2.32. The highest BCUT2D eigenvalue weighted by molar-refractivity contribution is 7.91. The molecule has 0 saturated carbocycles. The fourth-order valence-corrected chi connectivity index (χ4v) is 5.70. The molecule has 1 fully saturated rings. The zero-order valence-electron chi connectivity index (χ0n) is 16.4. The largest absolute Gasteiger partial charge is 0.449 e. The van der Waals surface area contributed by atoms with Crippen molar-refractivity contribution in [1.82, 2.24) is 4.90 Å². The zero-order chi connectivity index (χ0) is 21.9. The summed E-state index contributed by atoms with van der Waals surface area (Å²) < 4.78 is 60.5. The van der Waals surface area contributed by atoms with Gasteiger partial charge in [-0.3, -0.25) is 0 Å². The molecule has 1 aliphatic rings. The van der Waals surface area contributed by atoms with Crippen molar-refractivity contribution in [3.8, 4) is 0 Å². The number of hydrogen-bond acceptors (Lipinski definition) is 4. The third-order valence-corrected chi connectivity index (χ3v) is 7.66. The average Bonchev–Trinajstić information content (AvgIpc) is 3.24. The van der Waals surface area contributed by atoms with Gasteiger partial charge in [0.25, 0.3) is 0 Å². The number of amides is 1. The summed E-state index contributed by atoms with van der Waals surface area (Å²) in [4.78, 5) is 13.6. The highest BCUT2D eigenvalue weighted by Gasteiger charge is 2.37. The number of benzene rings is 2. The summed E-state index contributed by atoms with van der Waals surface area (Å²) in [5, 5.41) is -1.12. The number of hydrogen-bond donors (Lipinski definition) is 0. The summed E-state index contributed by atoms with van der Waals surface area (Å²) in [7, 11) is -4.15. The van der Waals surface area contributed by atoms with Gasteiger partial charge in [-0.1, -0.05) is 18.5 Å². The van der Waals surface area contributed by atoms with E-state index in [1.165, 1.54) is 36.1 Å². The van der Waals surface area contributed by atoms with Crippen molar-refractivity contribution in [2.45, 2.75) is 29.9 Å². The standard InChI is InChI=1S/C21H22ClF2NO4S/c1-14(13-29-21(26)25-10-2-3-11-25)20(18-12-16(23)6-9-19(18)24)30(27,28)17-7-4-15(22)5-8-17/h4-9,12,14,20H,2-3,10-11,13H2,1H3. The molecule has 1 amide bonds. The maximum Gasteiger partial charge on any atom is 0.409 e. The molecule has 2 aromatic rings. The molecule has 5 nitrogen and oxygen atoms in total. The van der Waals surface area contributed by atoms with Gasteiger partial charge in [-0.15, -0.1) is 0 Å². The van der Waals surface area contributed by atoms with Crippen molar-refractivity contribution >= 4 is 27.5 Å². The van der Waals surface area contributed by atoms with Crippen LogP contribution in [0.5, 0.6) is 0 Å². The van der Waals surface area contributed by atoms with Crippen molar-refractivity contribution in [2.75, 3.05) is 19.7 Å². The summed E-state index contributed by atoms with van der Waals surface area (Å²) in [6.45, 7) is 2.43. The van der Waals surface area contributed by atoms with E-state index in [1.807, 2.05) is 0 Å². The van der Waals surface area contributed by atoms with Gasteiger partial charge in [-0.25, -0.2) is 22.0 Å². The number of rotatable bonds is 6. The van der Waals surface area contributed by atoms with Crippen LogP contribution in [-0.2, 0) is 14.6 Å². The van der Waals surface area contributed by atoms with Crippen LogP contribution >= 0.6 is 11.6 Å². The number of carbonyl (C=O) groups is 1. The molecule has 2 atom stereocenters. The van der Waals surface area contributed by atoms with E-state index in [1.54, 1.807) is 0 Å². The van der Waals surface area contributed by atoms with E-state index in [9.17, 15) is 22.0 Å². The third-order valence-electron chi connectivity index (χ3n) is 5.09. The highest BCUT2D eigenvalue weighted by atomic mass is 35.5. The van der Waals surface area contributed by atoms with E-state index in [2.05, 4.69) is 0 Å². The lowest BCUT2D eigenvalue weighted by atomic mass is 10.0. The van der Waals surface area contributed by atoms with Crippen molar-refractivity contribution in [2.24, 2.45) is 5.92 Å². The van der Waals surface area contributed by atoms with E-state index >= 15 is 0 Å². The number of likely N-dealkylation sites (tertiary alicyclic amines) is 1. The maximum atomic E-state index is 14.6. The number of sulfone groups is 1. The first-order chi connectivity index (χ1) is 14.2. The Labute approximate surface area is 179 Å². The Morgan fingerprint density at radius 3 is 2.40 bits per heavy atom. The van der Waals surface area contributed by atoms with E-state index in [0.717, 1.165) is 31.0 Å². The minimum absolute atomic E-state index is 0.0849. The number of nitrogens with zero attached hydrogens (tertiary/aromatic N) is 1. The lowest BCUT2D eigenvalue weighted by Gasteiger charge is -2.26. The van der Waals surface area contributed by atoms with E-state index < -0.39 is 38.7 Å². The second-order valence-corrected chi connectivity index (χ2v) is 9.84. The monoisotopic (exact) mass is 457 g/mol. The van der Waals surface area contributed by atoms with Crippen molar-refractivity contribution in [1.29, 1.82) is 0 Å². The second kappa shape index (κ2) is 9.31. The van der Waals surface area contributed by atoms with E-state index in [0.29, 0.717) is 18.1 Å². The third kappa shape index (κ3) is 4.92. The molecule has 0 spiro atoms. The van der Waals surface area contributed by atoms with Crippen molar-refractivity contribution in [3.05, 3.63) is 64.7 Å². The molecule has 1 saturated heterocycles. The van der Waals surface area contributed by atoms with Crippen LogP contribution in [-0.4, -0.2) is 39.1 Å². The molecule has 0 N–H and O–H groups in total. The molecule has 9 heteroatoms. The SMILES string of the molecule is CC(COC(=O)N1CCCC1)C(c1cc(F)ccc1F)S(=O)(=O)c1ccc(Cl)cc1. The zero-order valence-corrected chi connectivity index (χ0v) is 17.9. The quantitative estimate of drug-likeness (QED) is 0.612. The Balaban J connectivity index is 1.93. The van der Waals surface area contributed by atoms with Gasteiger partial charge in [0, 0.05) is 29.6 Å². The van der Waals surface area contributed by atoms with Crippen LogP contribution in [0.1, 0.15) is 30.6 Å². The lowest BCUT2D eigenvalue weighted by molar-refractivity contribution is 0.0960. The molecular weight excluding hydrogens is 436 g/mol. The molecule has 2 aromatic carbocycles. The van der Waals surface area contributed by atoms with Gasteiger partial charge >= 0.3 is 6.09 Å². The Morgan fingerprint density at radius 1 is 1.13 bits per heavy atom. The van der Waals surface area contributed by atoms with Crippen LogP contribution in [0.2, 0.25) is 5.02 Å². The van der Waals surface area contributed by atoms with Crippen LogP contribution in [0.3, 0.4) is 0 Å². The Bertz CT molecular complexity index is 1010. The van der Waals surface area contributed by atoms with Gasteiger partial charge in [0.05, 0.1) is 16.8 Å². The van der Waals surface area contributed by atoms with Gasteiger partial charge < -0.3 is 9.64 Å². The average molecular weight is 458 g/mol. The molecule has 0 radical (unpaired) electrons. The van der Waals surface area contributed by atoms with Crippen molar-refractivity contribution in [3.63, 3.8) is 0 Å². The van der Waals surface area contributed by atoms with Gasteiger partial charge in [0.15, 0.2) is 9.84 Å². The fourth-order valence-electron chi connectivity index (χ4n) is 3.56. The Kier molecular flexibility index (Phi) is 6.98. The van der Waals surface area contributed by atoms with Crippen LogP contribution < -0.4 is 0 Å². The highest BCUT2D eigenvalue weighted by Crippen LogP contribution is 2.37. The minimum Gasteiger partial charge on any atom is -0.449 e. The fraction of sp³-hybridized carbons (Fsp3) is 0.381. The van der Waals surface area contributed by atoms with Gasteiger partial charge in [-0.2, -0.15) is 0 Å². The smallest absolute Gasteiger partial charge is 0.409 e. The first-order valence-corrected chi connectivity index (χ1v) is 11.5. The number of carbonyl (C=O) groups excluding carboxylic acids is 1. The maximum absolute atomic E-state index is 14.6. The first-order valence-electron chi connectivity index (χ1n) is 9.56. The molecule has 0 bridgehead atoms. The topological polar surface area (TPSA) is 63.7 Å². The molecular formula is C21H22ClF2NO4S. The van der Waals surface area contributed by atoms with Crippen LogP contribution in [0.15, 0.2) is 47.4 Å². The van der Waals surface area contributed by atoms with Crippen LogP contribution in [0.25, 0.3) is 0 Å². The first kappa shape index (κ1) is 22.5. The molecule has 30 heavy (non-hydrogen) atoms. The van der Waals surface area contributed by atoms with E-state index in [-0.39, 0.29) is 17.1 Å². The minimum atomic E-state index is -4.15.